The van der Waals surface area contributed by atoms with Crippen LogP contribution >= 0.6 is 0 Å². The summed E-state index contributed by atoms with van der Waals surface area (Å²) in [5.74, 6) is -0.114. The van der Waals surface area contributed by atoms with Gasteiger partial charge in [-0.3, -0.25) is 14.3 Å². The van der Waals surface area contributed by atoms with E-state index in [1.54, 1.807) is 0 Å². The second-order valence-electron chi connectivity index (χ2n) is 6.94. The second kappa shape index (κ2) is 8.17. The van der Waals surface area contributed by atoms with Gasteiger partial charge in [-0.05, 0) is 50.8 Å². The van der Waals surface area contributed by atoms with E-state index in [-0.39, 0.29) is 17.7 Å². The fourth-order valence-corrected chi connectivity index (χ4v) is 3.40. The van der Waals surface area contributed by atoms with Gasteiger partial charge in [-0.1, -0.05) is 18.2 Å². The average Bonchev–Trinajstić information content (AvgIpc) is 2.94. The highest BCUT2D eigenvalue weighted by atomic mass is 16.2. The lowest BCUT2D eigenvalue weighted by Crippen LogP contribution is -2.32. The minimum Gasteiger partial charge on any atom is -0.356 e. The van der Waals surface area contributed by atoms with Crippen molar-refractivity contribution in [3.8, 4) is 0 Å². The first kappa shape index (κ1) is 18.2. The minimum atomic E-state index is -0.134. The number of nitrogens with one attached hydrogen (secondary N) is 2. The van der Waals surface area contributed by atoms with E-state index in [4.69, 9.17) is 0 Å². The SMILES string of the molecule is Cc1cc(C)n(CCCNC(=O)CCC2Cc3ccccc3NC2=O)n1. The number of fused-ring (bicyclic) bond motifs is 1. The molecule has 2 N–H and O–H groups in total. The summed E-state index contributed by atoms with van der Waals surface area (Å²) in [5, 5.41) is 10.3. The predicted octanol–water partition coefficient (Wildman–Crippen LogP) is 2.60. The molecular weight excluding hydrogens is 328 g/mol. The summed E-state index contributed by atoms with van der Waals surface area (Å²) in [5.41, 5.74) is 4.18. The molecule has 0 radical (unpaired) electrons. The molecule has 1 aliphatic heterocycles. The first-order chi connectivity index (χ1) is 12.5. The number of para-hydroxylation sites is 1. The number of nitrogens with zero attached hydrogens (tertiary/aromatic N) is 2. The molecule has 1 aromatic heterocycles. The maximum atomic E-state index is 12.2. The van der Waals surface area contributed by atoms with Crippen LogP contribution in [0, 0.1) is 19.8 Å². The van der Waals surface area contributed by atoms with Gasteiger partial charge in [0.25, 0.3) is 0 Å². The molecular formula is C20H26N4O2. The van der Waals surface area contributed by atoms with E-state index in [9.17, 15) is 9.59 Å². The number of aryl methyl sites for hydroxylation is 3. The Kier molecular flexibility index (Phi) is 5.71. The molecule has 2 aromatic rings. The summed E-state index contributed by atoms with van der Waals surface area (Å²) in [6.07, 6.45) is 2.49. The van der Waals surface area contributed by atoms with Crippen molar-refractivity contribution in [2.45, 2.75) is 46.1 Å². The molecule has 2 amide bonds. The monoisotopic (exact) mass is 354 g/mol. The van der Waals surface area contributed by atoms with E-state index in [0.717, 1.165) is 35.6 Å². The minimum absolute atomic E-state index is 0.00465. The zero-order valence-corrected chi connectivity index (χ0v) is 15.4. The van der Waals surface area contributed by atoms with Gasteiger partial charge in [0.05, 0.1) is 5.69 Å². The van der Waals surface area contributed by atoms with Crippen molar-refractivity contribution in [3.05, 3.63) is 47.3 Å². The summed E-state index contributed by atoms with van der Waals surface area (Å²) in [6, 6.07) is 9.88. The average molecular weight is 354 g/mol. The lowest BCUT2D eigenvalue weighted by molar-refractivity contribution is -0.122. The highest BCUT2D eigenvalue weighted by Crippen LogP contribution is 2.27. The molecule has 6 nitrogen and oxygen atoms in total. The van der Waals surface area contributed by atoms with Gasteiger partial charge in [-0.2, -0.15) is 5.10 Å². The van der Waals surface area contributed by atoms with Crippen LogP contribution in [0.1, 0.15) is 36.2 Å². The second-order valence-corrected chi connectivity index (χ2v) is 6.94. The van der Waals surface area contributed by atoms with E-state index in [2.05, 4.69) is 15.7 Å². The molecule has 1 unspecified atom stereocenters. The van der Waals surface area contributed by atoms with Crippen molar-refractivity contribution >= 4 is 17.5 Å². The van der Waals surface area contributed by atoms with Crippen LogP contribution in [-0.2, 0) is 22.6 Å². The summed E-state index contributed by atoms with van der Waals surface area (Å²) in [6.45, 7) is 5.43. The molecule has 2 heterocycles. The number of rotatable bonds is 7. The molecule has 1 aromatic carbocycles. The van der Waals surface area contributed by atoms with Crippen LogP contribution in [0.2, 0.25) is 0 Å². The molecule has 6 heteroatoms. The van der Waals surface area contributed by atoms with Crippen LogP contribution in [0.25, 0.3) is 0 Å². The molecule has 0 spiro atoms. The van der Waals surface area contributed by atoms with Crippen LogP contribution in [0.4, 0.5) is 5.69 Å². The molecule has 0 saturated carbocycles. The Morgan fingerprint density at radius 2 is 2.15 bits per heavy atom. The molecule has 1 atom stereocenters. The summed E-state index contributed by atoms with van der Waals surface area (Å²) in [7, 11) is 0. The van der Waals surface area contributed by atoms with Crippen LogP contribution in [0.15, 0.2) is 30.3 Å². The Bertz CT molecular complexity index is 797. The lowest BCUT2D eigenvalue weighted by atomic mass is 9.89. The maximum Gasteiger partial charge on any atom is 0.227 e. The topological polar surface area (TPSA) is 76.0 Å². The zero-order valence-electron chi connectivity index (χ0n) is 15.4. The highest BCUT2D eigenvalue weighted by Gasteiger charge is 2.26. The van der Waals surface area contributed by atoms with Crippen LogP contribution in [0.5, 0.6) is 0 Å². The number of anilines is 1. The standard InChI is InChI=1S/C20H26N4O2/c1-14-12-15(2)24(23-14)11-5-10-21-19(25)9-8-17-13-16-6-3-4-7-18(16)22-20(17)26/h3-4,6-7,12,17H,5,8-11,13H2,1-2H3,(H,21,25)(H,22,26). The quantitative estimate of drug-likeness (QED) is 0.751. The van der Waals surface area contributed by atoms with Crippen molar-refractivity contribution in [1.82, 2.24) is 15.1 Å². The van der Waals surface area contributed by atoms with E-state index in [1.807, 2.05) is 48.9 Å². The molecule has 1 aliphatic rings. The molecule has 138 valence electrons. The Balaban J connectivity index is 1.38. The van der Waals surface area contributed by atoms with Gasteiger partial charge in [-0.25, -0.2) is 0 Å². The first-order valence-corrected chi connectivity index (χ1v) is 9.19. The van der Waals surface area contributed by atoms with E-state index in [1.165, 1.54) is 0 Å². The van der Waals surface area contributed by atoms with Gasteiger partial charge in [-0.15, -0.1) is 0 Å². The number of carbonyl (C=O) groups is 2. The van der Waals surface area contributed by atoms with Crippen LogP contribution in [0.3, 0.4) is 0 Å². The largest absolute Gasteiger partial charge is 0.356 e. The Morgan fingerprint density at radius 1 is 1.35 bits per heavy atom. The molecule has 0 fully saturated rings. The zero-order chi connectivity index (χ0) is 18.5. The lowest BCUT2D eigenvalue weighted by Gasteiger charge is -2.24. The molecule has 26 heavy (non-hydrogen) atoms. The van der Waals surface area contributed by atoms with Crippen LogP contribution < -0.4 is 10.6 Å². The summed E-state index contributed by atoms with van der Waals surface area (Å²) in [4.78, 5) is 24.2. The van der Waals surface area contributed by atoms with Crippen molar-refractivity contribution in [2.24, 2.45) is 5.92 Å². The number of aromatic nitrogens is 2. The number of amides is 2. The fraction of sp³-hybridized carbons (Fsp3) is 0.450. The Hall–Kier alpha value is -2.63. The Labute approximate surface area is 154 Å². The van der Waals surface area contributed by atoms with Gasteiger partial charge in [0.1, 0.15) is 0 Å². The van der Waals surface area contributed by atoms with Crippen molar-refractivity contribution in [1.29, 1.82) is 0 Å². The van der Waals surface area contributed by atoms with Gasteiger partial charge in [0.2, 0.25) is 11.8 Å². The maximum absolute atomic E-state index is 12.2. The summed E-state index contributed by atoms with van der Waals surface area (Å²) >= 11 is 0. The fourth-order valence-electron chi connectivity index (χ4n) is 3.40. The van der Waals surface area contributed by atoms with Crippen LogP contribution in [-0.4, -0.2) is 28.1 Å². The van der Waals surface area contributed by atoms with E-state index in [0.29, 0.717) is 25.8 Å². The van der Waals surface area contributed by atoms with Crippen molar-refractivity contribution in [3.63, 3.8) is 0 Å². The van der Waals surface area contributed by atoms with Gasteiger partial charge >= 0.3 is 0 Å². The van der Waals surface area contributed by atoms with E-state index < -0.39 is 0 Å². The highest BCUT2D eigenvalue weighted by molar-refractivity contribution is 5.96. The van der Waals surface area contributed by atoms with Gasteiger partial charge in [0.15, 0.2) is 0 Å². The van der Waals surface area contributed by atoms with Crippen molar-refractivity contribution in [2.75, 3.05) is 11.9 Å². The third-order valence-corrected chi connectivity index (χ3v) is 4.80. The number of hydrogen-bond donors (Lipinski definition) is 2. The third-order valence-electron chi connectivity index (χ3n) is 4.80. The predicted molar refractivity (Wildman–Crippen MR) is 101 cm³/mol. The Morgan fingerprint density at radius 3 is 2.92 bits per heavy atom. The van der Waals surface area contributed by atoms with Crippen molar-refractivity contribution < 1.29 is 9.59 Å². The third kappa shape index (κ3) is 4.50. The molecule has 3 rings (SSSR count). The van der Waals surface area contributed by atoms with Gasteiger partial charge < -0.3 is 10.6 Å². The molecule has 0 bridgehead atoms. The van der Waals surface area contributed by atoms with E-state index >= 15 is 0 Å². The van der Waals surface area contributed by atoms with Gasteiger partial charge in [0, 0.05) is 36.8 Å². The summed E-state index contributed by atoms with van der Waals surface area (Å²) < 4.78 is 1.96. The smallest absolute Gasteiger partial charge is 0.227 e. The number of carbonyl (C=O) groups excluding carboxylic acids is 2. The number of benzene rings is 1. The normalized spacial score (nSPS) is 16.1. The first-order valence-electron chi connectivity index (χ1n) is 9.19. The number of hydrogen-bond acceptors (Lipinski definition) is 3. The molecule has 0 aliphatic carbocycles. The molecule has 0 saturated heterocycles.